The molecule has 0 saturated carbocycles. The first-order valence-electron chi connectivity index (χ1n) is 10.9. The molecule has 0 radical (unpaired) electrons. The number of fused-ring (bicyclic) bond motifs is 1. The lowest BCUT2D eigenvalue weighted by atomic mass is 10.1. The van der Waals surface area contributed by atoms with Gasteiger partial charge in [-0.15, -0.1) is 0 Å². The Kier molecular flexibility index (Phi) is 6.51. The van der Waals surface area contributed by atoms with E-state index in [0.717, 1.165) is 19.6 Å². The number of nitrogens with two attached hydrogens (primary N) is 2. The zero-order chi connectivity index (χ0) is 22.5. The Labute approximate surface area is 186 Å². The number of nitrogens with one attached hydrogen (secondary N) is 2. The monoisotopic (exact) mass is 432 g/mol. The van der Waals surface area contributed by atoms with Gasteiger partial charge in [-0.25, -0.2) is 4.98 Å². The molecule has 0 bridgehead atoms. The molecule has 3 aromatic rings. The molecule has 8 nitrogen and oxygen atoms in total. The summed E-state index contributed by atoms with van der Waals surface area (Å²) < 4.78 is 0. The fourth-order valence-corrected chi connectivity index (χ4v) is 3.94. The second-order valence-electron chi connectivity index (χ2n) is 8.00. The number of para-hydroxylation sites is 2. The Morgan fingerprint density at radius 2 is 1.75 bits per heavy atom. The van der Waals surface area contributed by atoms with Crippen LogP contribution in [0.15, 0.2) is 53.3 Å². The molecular weight excluding hydrogens is 404 g/mol. The quantitative estimate of drug-likeness (QED) is 0.471. The Bertz CT molecular complexity index is 1210. The van der Waals surface area contributed by atoms with E-state index in [9.17, 15) is 9.59 Å². The molecule has 0 atom stereocenters. The van der Waals surface area contributed by atoms with E-state index in [1.54, 1.807) is 36.4 Å². The fourth-order valence-electron chi connectivity index (χ4n) is 3.94. The first kappa shape index (κ1) is 21.6. The number of aromatic nitrogens is 2. The number of carbonyl (C=O) groups excluding carboxylic acids is 1. The van der Waals surface area contributed by atoms with E-state index in [2.05, 4.69) is 20.2 Å². The standard InChI is InChI=1S/C24H28N6O2/c25-20(21(26)22-24(32)29-19-10-3-2-9-18(19)28-22)16-7-6-8-17(15-16)23(31)27-11-14-30-12-4-1-5-13-30/h2-3,6-10,15H,1,4-5,11-14,25-26H2,(H,27,31)(H,29,32)/b21-20+. The van der Waals surface area contributed by atoms with Gasteiger partial charge < -0.3 is 26.7 Å². The van der Waals surface area contributed by atoms with Crippen LogP contribution in [0.5, 0.6) is 0 Å². The number of rotatable bonds is 6. The Hall–Kier alpha value is -3.65. The second-order valence-corrected chi connectivity index (χ2v) is 8.00. The molecule has 1 amide bonds. The van der Waals surface area contributed by atoms with E-state index in [1.165, 1.54) is 19.3 Å². The third kappa shape index (κ3) is 4.81. The van der Waals surface area contributed by atoms with Gasteiger partial charge in [0.15, 0.2) is 5.69 Å². The predicted molar refractivity (Wildman–Crippen MR) is 127 cm³/mol. The van der Waals surface area contributed by atoms with Gasteiger partial charge in [0.2, 0.25) is 0 Å². The highest BCUT2D eigenvalue weighted by Crippen LogP contribution is 2.18. The highest BCUT2D eigenvalue weighted by Gasteiger charge is 2.14. The molecule has 4 rings (SSSR count). The van der Waals surface area contributed by atoms with Crippen molar-refractivity contribution >= 4 is 28.3 Å². The zero-order valence-corrected chi connectivity index (χ0v) is 17.9. The van der Waals surface area contributed by atoms with Gasteiger partial charge >= 0.3 is 0 Å². The van der Waals surface area contributed by atoms with Crippen LogP contribution in [0, 0.1) is 0 Å². The lowest BCUT2D eigenvalue weighted by Crippen LogP contribution is -2.37. The molecule has 1 aliphatic rings. The summed E-state index contributed by atoms with van der Waals surface area (Å²) in [6, 6.07) is 14.1. The van der Waals surface area contributed by atoms with Crippen LogP contribution in [-0.4, -0.2) is 47.0 Å². The average molecular weight is 433 g/mol. The normalized spacial score (nSPS) is 15.4. The van der Waals surface area contributed by atoms with Crippen LogP contribution >= 0.6 is 0 Å². The maximum absolute atomic E-state index is 12.6. The molecule has 0 aliphatic carbocycles. The topological polar surface area (TPSA) is 130 Å². The number of hydrogen-bond donors (Lipinski definition) is 4. The van der Waals surface area contributed by atoms with Crippen LogP contribution in [0.4, 0.5) is 0 Å². The molecule has 1 fully saturated rings. The molecule has 2 heterocycles. The lowest BCUT2D eigenvalue weighted by molar-refractivity contribution is 0.0946. The first-order chi connectivity index (χ1) is 15.5. The van der Waals surface area contributed by atoms with E-state index in [1.807, 2.05) is 12.1 Å². The summed E-state index contributed by atoms with van der Waals surface area (Å²) in [6.45, 7) is 3.62. The number of piperidine rings is 1. The first-order valence-corrected chi connectivity index (χ1v) is 10.9. The minimum absolute atomic E-state index is 0.0533. The summed E-state index contributed by atoms with van der Waals surface area (Å²) in [5.41, 5.74) is 14.7. The van der Waals surface area contributed by atoms with Crippen molar-refractivity contribution in [2.75, 3.05) is 26.2 Å². The molecule has 6 N–H and O–H groups in total. The number of aromatic amines is 1. The van der Waals surface area contributed by atoms with Crippen molar-refractivity contribution in [1.29, 1.82) is 0 Å². The Morgan fingerprint density at radius 3 is 2.56 bits per heavy atom. The summed E-state index contributed by atoms with van der Waals surface area (Å²) >= 11 is 0. The van der Waals surface area contributed by atoms with Crippen molar-refractivity contribution in [1.82, 2.24) is 20.2 Å². The number of nitrogens with zero attached hydrogens (tertiary/aromatic N) is 2. The Morgan fingerprint density at radius 1 is 1.00 bits per heavy atom. The molecule has 8 heteroatoms. The molecule has 1 aliphatic heterocycles. The van der Waals surface area contributed by atoms with Crippen molar-refractivity contribution < 1.29 is 4.79 Å². The maximum Gasteiger partial charge on any atom is 0.276 e. The van der Waals surface area contributed by atoms with E-state index in [4.69, 9.17) is 11.5 Å². The Balaban J connectivity index is 1.51. The van der Waals surface area contributed by atoms with Crippen molar-refractivity contribution in [3.05, 3.63) is 75.7 Å². The van der Waals surface area contributed by atoms with E-state index in [-0.39, 0.29) is 23.0 Å². The van der Waals surface area contributed by atoms with Gasteiger partial charge in [-0.3, -0.25) is 9.59 Å². The van der Waals surface area contributed by atoms with Crippen molar-refractivity contribution in [3.8, 4) is 0 Å². The van der Waals surface area contributed by atoms with Gasteiger partial charge in [0.1, 0.15) is 0 Å². The summed E-state index contributed by atoms with van der Waals surface area (Å²) in [7, 11) is 0. The number of hydrogen-bond acceptors (Lipinski definition) is 6. The number of H-pyrrole nitrogens is 1. The summed E-state index contributed by atoms with van der Waals surface area (Å²) in [5, 5.41) is 2.97. The number of carbonyl (C=O) groups is 1. The summed E-state index contributed by atoms with van der Waals surface area (Å²) in [6.07, 6.45) is 3.73. The molecule has 1 aromatic heterocycles. The number of benzene rings is 2. The van der Waals surface area contributed by atoms with Crippen LogP contribution in [0.1, 0.15) is 40.9 Å². The molecule has 166 valence electrons. The van der Waals surface area contributed by atoms with Crippen molar-refractivity contribution in [3.63, 3.8) is 0 Å². The highest BCUT2D eigenvalue weighted by atomic mass is 16.1. The molecule has 0 unspecified atom stereocenters. The van der Waals surface area contributed by atoms with Gasteiger partial charge in [-0.1, -0.05) is 30.7 Å². The van der Waals surface area contributed by atoms with Gasteiger partial charge in [-0.05, 0) is 50.2 Å². The van der Waals surface area contributed by atoms with Crippen LogP contribution < -0.4 is 22.3 Å². The van der Waals surface area contributed by atoms with Crippen molar-refractivity contribution in [2.45, 2.75) is 19.3 Å². The van der Waals surface area contributed by atoms with E-state index in [0.29, 0.717) is 28.7 Å². The predicted octanol–water partition coefficient (Wildman–Crippen LogP) is 1.88. The zero-order valence-electron chi connectivity index (χ0n) is 17.9. The fraction of sp³-hybridized carbons (Fsp3) is 0.292. The van der Waals surface area contributed by atoms with Crippen LogP contribution in [0.25, 0.3) is 22.4 Å². The average Bonchev–Trinajstić information content (AvgIpc) is 2.83. The number of likely N-dealkylation sites (tertiary alicyclic amines) is 1. The van der Waals surface area contributed by atoms with Crippen LogP contribution in [0.3, 0.4) is 0 Å². The van der Waals surface area contributed by atoms with Crippen LogP contribution in [0.2, 0.25) is 0 Å². The molecule has 0 spiro atoms. The minimum atomic E-state index is -0.421. The molecule has 2 aromatic carbocycles. The third-order valence-electron chi connectivity index (χ3n) is 5.74. The van der Waals surface area contributed by atoms with Gasteiger partial charge in [-0.2, -0.15) is 0 Å². The molecule has 1 saturated heterocycles. The number of amides is 1. The second kappa shape index (κ2) is 9.65. The minimum Gasteiger partial charge on any atom is -0.397 e. The van der Waals surface area contributed by atoms with E-state index < -0.39 is 5.56 Å². The SMILES string of the molecule is N/C(=C(/N)c1nc2ccccc2[nH]c1=O)c1cccc(C(=O)NCCN2CCCCC2)c1. The van der Waals surface area contributed by atoms with Gasteiger partial charge in [0, 0.05) is 24.2 Å². The lowest BCUT2D eigenvalue weighted by Gasteiger charge is -2.26. The maximum atomic E-state index is 12.6. The van der Waals surface area contributed by atoms with Gasteiger partial charge in [0.05, 0.1) is 22.4 Å². The summed E-state index contributed by atoms with van der Waals surface area (Å²) in [4.78, 5) is 34.6. The largest absolute Gasteiger partial charge is 0.397 e. The highest BCUT2D eigenvalue weighted by molar-refractivity contribution is 5.96. The van der Waals surface area contributed by atoms with Gasteiger partial charge in [0.25, 0.3) is 11.5 Å². The molecule has 32 heavy (non-hydrogen) atoms. The van der Waals surface area contributed by atoms with Crippen molar-refractivity contribution in [2.24, 2.45) is 11.5 Å². The van der Waals surface area contributed by atoms with E-state index >= 15 is 0 Å². The van der Waals surface area contributed by atoms with Crippen LogP contribution in [-0.2, 0) is 0 Å². The smallest absolute Gasteiger partial charge is 0.276 e. The third-order valence-corrected chi connectivity index (χ3v) is 5.74. The molecular formula is C24H28N6O2. The summed E-state index contributed by atoms with van der Waals surface area (Å²) in [5.74, 6) is -0.170.